The molecular weight excluding hydrogens is 374 g/mol. The Kier molecular flexibility index (Phi) is 5.15. The van der Waals surface area contributed by atoms with Gasteiger partial charge in [-0.2, -0.15) is 0 Å². The molecule has 1 aliphatic rings. The van der Waals surface area contributed by atoms with Crippen LogP contribution in [0.15, 0.2) is 48.5 Å². The highest BCUT2D eigenvalue weighted by Gasteiger charge is 2.21. The summed E-state index contributed by atoms with van der Waals surface area (Å²) in [6.07, 6.45) is 0. The molecule has 0 unspecified atom stereocenters. The Morgan fingerprint density at radius 2 is 1.86 bits per heavy atom. The average molecular weight is 393 g/mol. The number of hydrogen-bond acceptors (Lipinski definition) is 6. The first-order valence-electron chi connectivity index (χ1n) is 9.14. The molecule has 2 N–H and O–H groups in total. The number of nitrogens with zero attached hydrogens (tertiary/aromatic N) is 1. The fourth-order valence-corrected chi connectivity index (χ4v) is 2.95. The number of rotatable bonds is 5. The Morgan fingerprint density at radius 1 is 1.10 bits per heavy atom. The van der Waals surface area contributed by atoms with Gasteiger partial charge in [-0.1, -0.05) is 30.3 Å². The maximum absolute atomic E-state index is 12.4. The zero-order valence-corrected chi connectivity index (χ0v) is 15.7. The van der Waals surface area contributed by atoms with Crippen LogP contribution in [0.5, 0.6) is 11.5 Å². The minimum absolute atomic E-state index is 0.111. The van der Waals surface area contributed by atoms with E-state index in [0.29, 0.717) is 28.9 Å². The molecule has 0 bridgehead atoms. The minimum atomic E-state index is -0.571. The number of aromatic nitrogens is 1. The SMILES string of the molecule is CCOC(=O)c1cc2cc3c(cc2nc1NC(=O)NCc1ccccc1)OCO3. The van der Waals surface area contributed by atoms with Crippen molar-refractivity contribution in [2.45, 2.75) is 13.5 Å². The number of ether oxygens (including phenoxy) is 3. The minimum Gasteiger partial charge on any atom is -0.462 e. The van der Waals surface area contributed by atoms with Crippen molar-refractivity contribution >= 4 is 28.7 Å². The van der Waals surface area contributed by atoms with Crippen molar-refractivity contribution in [2.75, 3.05) is 18.7 Å². The van der Waals surface area contributed by atoms with Gasteiger partial charge in [0.15, 0.2) is 11.5 Å². The molecular formula is C21H19N3O5. The molecule has 0 fully saturated rings. The number of carbonyl (C=O) groups excluding carboxylic acids is 2. The third-order valence-electron chi connectivity index (χ3n) is 4.33. The summed E-state index contributed by atoms with van der Waals surface area (Å²) in [5, 5.41) is 6.07. The van der Waals surface area contributed by atoms with E-state index in [2.05, 4.69) is 15.6 Å². The average Bonchev–Trinajstić information content (AvgIpc) is 3.18. The van der Waals surface area contributed by atoms with E-state index in [-0.39, 0.29) is 24.8 Å². The first-order chi connectivity index (χ1) is 14.1. The van der Waals surface area contributed by atoms with Crippen LogP contribution in [0.4, 0.5) is 10.6 Å². The van der Waals surface area contributed by atoms with Crippen molar-refractivity contribution in [2.24, 2.45) is 0 Å². The molecule has 2 amide bonds. The Labute approximate surface area is 166 Å². The molecule has 2 heterocycles. The molecule has 1 aromatic heterocycles. The lowest BCUT2D eigenvalue weighted by Gasteiger charge is -2.12. The summed E-state index contributed by atoms with van der Waals surface area (Å²) in [6.45, 7) is 2.39. The third-order valence-corrected chi connectivity index (χ3v) is 4.33. The van der Waals surface area contributed by atoms with Gasteiger partial charge in [0.1, 0.15) is 11.4 Å². The molecule has 148 valence electrons. The first-order valence-corrected chi connectivity index (χ1v) is 9.14. The summed E-state index contributed by atoms with van der Waals surface area (Å²) >= 11 is 0. The number of carbonyl (C=O) groups is 2. The van der Waals surface area contributed by atoms with Gasteiger partial charge in [-0.25, -0.2) is 14.6 Å². The third kappa shape index (κ3) is 4.06. The van der Waals surface area contributed by atoms with Crippen LogP contribution in [-0.4, -0.2) is 30.4 Å². The van der Waals surface area contributed by atoms with E-state index in [1.165, 1.54) is 0 Å². The largest absolute Gasteiger partial charge is 0.462 e. The fourth-order valence-electron chi connectivity index (χ4n) is 2.95. The number of esters is 1. The maximum Gasteiger partial charge on any atom is 0.341 e. The first kappa shape index (κ1) is 18.5. The van der Waals surface area contributed by atoms with Gasteiger partial charge in [-0.15, -0.1) is 0 Å². The van der Waals surface area contributed by atoms with Gasteiger partial charge in [0.25, 0.3) is 0 Å². The molecule has 0 saturated heterocycles. The number of nitrogens with one attached hydrogen (secondary N) is 2. The standard InChI is InChI=1S/C21H19N3O5/c1-2-27-20(25)15-8-14-9-17-18(29-12-28-17)10-16(14)23-19(15)24-21(26)22-11-13-6-4-3-5-7-13/h3-10H,2,11-12H2,1H3,(H2,22,23,24,26). The summed E-state index contributed by atoms with van der Waals surface area (Å²) in [7, 11) is 0. The molecule has 0 aliphatic carbocycles. The van der Waals surface area contributed by atoms with E-state index in [1.807, 2.05) is 30.3 Å². The zero-order valence-electron chi connectivity index (χ0n) is 15.7. The normalized spacial score (nSPS) is 11.9. The van der Waals surface area contributed by atoms with Gasteiger partial charge in [-0.3, -0.25) is 5.32 Å². The van der Waals surface area contributed by atoms with Gasteiger partial charge in [0.05, 0.1) is 12.1 Å². The molecule has 0 radical (unpaired) electrons. The number of fused-ring (bicyclic) bond motifs is 2. The van der Waals surface area contributed by atoms with Crippen LogP contribution in [0.1, 0.15) is 22.8 Å². The van der Waals surface area contributed by atoms with E-state index in [1.54, 1.807) is 25.1 Å². The lowest BCUT2D eigenvalue weighted by atomic mass is 10.1. The lowest BCUT2D eigenvalue weighted by molar-refractivity contribution is 0.0527. The predicted octanol–water partition coefficient (Wildman–Crippen LogP) is 3.46. The van der Waals surface area contributed by atoms with Crippen molar-refractivity contribution in [3.63, 3.8) is 0 Å². The number of pyridine rings is 1. The Balaban J connectivity index is 1.61. The summed E-state index contributed by atoms with van der Waals surface area (Å²) < 4.78 is 15.9. The van der Waals surface area contributed by atoms with Crippen molar-refractivity contribution in [3.8, 4) is 11.5 Å². The summed E-state index contributed by atoms with van der Waals surface area (Å²) in [6, 6.07) is 14.1. The second-order valence-electron chi connectivity index (χ2n) is 6.30. The second kappa shape index (κ2) is 8.05. The fraction of sp³-hybridized carbons (Fsp3) is 0.190. The molecule has 2 aromatic carbocycles. The van der Waals surface area contributed by atoms with Gasteiger partial charge in [0, 0.05) is 18.0 Å². The van der Waals surface area contributed by atoms with Gasteiger partial charge in [-0.05, 0) is 24.6 Å². The van der Waals surface area contributed by atoms with Crippen molar-refractivity contribution in [1.29, 1.82) is 0 Å². The van der Waals surface area contributed by atoms with Crippen LogP contribution in [-0.2, 0) is 11.3 Å². The highest BCUT2D eigenvalue weighted by atomic mass is 16.7. The van der Waals surface area contributed by atoms with E-state index < -0.39 is 12.0 Å². The zero-order chi connectivity index (χ0) is 20.2. The van der Waals surface area contributed by atoms with Crippen LogP contribution < -0.4 is 20.1 Å². The van der Waals surface area contributed by atoms with Gasteiger partial charge < -0.3 is 19.5 Å². The Bertz CT molecular complexity index is 1070. The highest BCUT2D eigenvalue weighted by molar-refractivity contribution is 6.03. The van der Waals surface area contributed by atoms with E-state index in [9.17, 15) is 9.59 Å². The monoisotopic (exact) mass is 393 g/mol. The van der Waals surface area contributed by atoms with E-state index >= 15 is 0 Å². The molecule has 0 atom stereocenters. The lowest BCUT2D eigenvalue weighted by Crippen LogP contribution is -2.29. The van der Waals surface area contributed by atoms with Crippen molar-refractivity contribution in [3.05, 3.63) is 59.7 Å². The van der Waals surface area contributed by atoms with Crippen molar-refractivity contribution in [1.82, 2.24) is 10.3 Å². The second-order valence-corrected chi connectivity index (χ2v) is 6.30. The smallest absolute Gasteiger partial charge is 0.341 e. The van der Waals surface area contributed by atoms with Gasteiger partial charge >= 0.3 is 12.0 Å². The topological polar surface area (TPSA) is 98.8 Å². The molecule has 0 saturated carbocycles. The number of hydrogen-bond donors (Lipinski definition) is 2. The van der Waals surface area contributed by atoms with Crippen LogP contribution in [0.3, 0.4) is 0 Å². The molecule has 8 heteroatoms. The van der Waals surface area contributed by atoms with E-state index in [0.717, 1.165) is 5.56 Å². The molecule has 0 spiro atoms. The maximum atomic E-state index is 12.4. The van der Waals surface area contributed by atoms with Gasteiger partial charge in [0.2, 0.25) is 6.79 Å². The predicted molar refractivity (Wildman–Crippen MR) is 106 cm³/mol. The van der Waals surface area contributed by atoms with Crippen LogP contribution in [0.2, 0.25) is 0 Å². The van der Waals surface area contributed by atoms with Crippen LogP contribution in [0.25, 0.3) is 10.9 Å². The summed E-state index contributed by atoms with van der Waals surface area (Å²) in [5.74, 6) is 0.682. The van der Waals surface area contributed by atoms with Crippen LogP contribution in [0, 0.1) is 0 Å². The van der Waals surface area contributed by atoms with E-state index in [4.69, 9.17) is 14.2 Å². The molecule has 4 rings (SSSR count). The number of urea groups is 1. The Hall–Kier alpha value is -3.81. The molecule has 1 aliphatic heterocycles. The number of benzene rings is 2. The number of amides is 2. The van der Waals surface area contributed by atoms with Crippen LogP contribution >= 0.6 is 0 Å². The molecule has 3 aromatic rings. The van der Waals surface area contributed by atoms with Crippen molar-refractivity contribution < 1.29 is 23.8 Å². The number of anilines is 1. The molecule has 29 heavy (non-hydrogen) atoms. The summed E-state index contributed by atoms with van der Waals surface area (Å²) in [4.78, 5) is 29.2. The molecule has 8 nitrogen and oxygen atoms in total. The Morgan fingerprint density at radius 3 is 2.62 bits per heavy atom. The quantitative estimate of drug-likeness (QED) is 0.644. The highest BCUT2D eigenvalue weighted by Crippen LogP contribution is 2.36. The summed E-state index contributed by atoms with van der Waals surface area (Å²) in [5.41, 5.74) is 1.67.